The van der Waals surface area contributed by atoms with E-state index < -0.39 is 10.0 Å². The molecule has 0 aromatic heterocycles. The van der Waals surface area contributed by atoms with E-state index in [4.69, 9.17) is 0 Å². The van der Waals surface area contributed by atoms with Crippen molar-refractivity contribution in [2.75, 3.05) is 12.8 Å². The predicted molar refractivity (Wildman–Crippen MR) is 47.3 cm³/mol. The SMILES string of the molecule is CS(=O)(=O)N1CCCC1C1CC1. The van der Waals surface area contributed by atoms with Crippen LogP contribution in [-0.4, -0.2) is 31.6 Å². The molecule has 1 atom stereocenters. The molecule has 3 nitrogen and oxygen atoms in total. The zero-order chi connectivity index (χ0) is 8.77. The molecule has 0 spiro atoms. The Hall–Kier alpha value is -0.0900. The van der Waals surface area contributed by atoms with Gasteiger partial charge in [0.25, 0.3) is 0 Å². The topological polar surface area (TPSA) is 37.4 Å². The number of sulfonamides is 1. The second kappa shape index (κ2) is 2.70. The molecule has 0 N–H and O–H groups in total. The summed E-state index contributed by atoms with van der Waals surface area (Å²) in [5.74, 6) is 0.683. The minimum Gasteiger partial charge on any atom is -0.212 e. The predicted octanol–water partition coefficient (Wildman–Crippen LogP) is 0.820. The van der Waals surface area contributed by atoms with Crippen molar-refractivity contribution in [2.24, 2.45) is 5.92 Å². The average molecular weight is 189 g/mol. The first kappa shape index (κ1) is 8.51. The normalized spacial score (nSPS) is 32.6. The number of hydrogen-bond acceptors (Lipinski definition) is 2. The van der Waals surface area contributed by atoms with Crippen LogP contribution in [0.5, 0.6) is 0 Å². The van der Waals surface area contributed by atoms with E-state index in [2.05, 4.69) is 0 Å². The molecule has 2 aliphatic rings. The van der Waals surface area contributed by atoms with Crippen LogP contribution in [0.15, 0.2) is 0 Å². The van der Waals surface area contributed by atoms with Crippen LogP contribution >= 0.6 is 0 Å². The minimum atomic E-state index is -2.92. The second-order valence-electron chi connectivity index (χ2n) is 3.92. The van der Waals surface area contributed by atoms with E-state index in [1.54, 1.807) is 4.31 Å². The zero-order valence-electron chi connectivity index (χ0n) is 7.36. The van der Waals surface area contributed by atoms with Crippen molar-refractivity contribution < 1.29 is 8.42 Å². The third-order valence-electron chi connectivity index (χ3n) is 2.84. The van der Waals surface area contributed by atoms with Crippen molar-refractivity contribution >= 4 is 10.0 Å². The Morgan fingerprint density at radius 2 is 1.92 bits per heavy atom. The maximum Gasteiger partial charge on any atom is 0.211 e. The number of hydrogen-bond donors (Lipinski definition) is 0. The molecule has 1 saturated heterocycles. The maximum atomic E-state index is 11.3. The fourth-order valence-electron chi connectivity index (χ4n) is 2.13. The lowest BCUT2D eigenvalue weighted by Gasteiger charge is -2.21. The molecular formula is C8H15NO2S. The lowest BCUT2D eigenvalue weighted by Crippen LogP contribution is -2.35. The van der Waals surface area contributed by atoms with E-state index in [1.807, 2.05) is 0 Å². The summed E-state index contributed by atoms with van der Waals surface area (Å²) in [6, 6.07) is 0.347. The molecule has 0 bridgehead atoms. The Bertz CT molecular complexity index is 269. The monoisotopic (exact) mass is 189 g/mol. The van der Waals surface area contributed by atoms with Crippen LogP contribution in [0.4, 0.5) is 0 Å². The molecule has 0 aromatic carbocycles. The van der Waals surface area contributed by atoms with Crippen LogP contribution in [-0.2, 0) is 10.0 Å². The van der Waals surface area contributed by atoms with Gasteiger partial charge in [0, 0.05) is 12.6 Å². The average Bonchev–Trinajstić information content (AvgIpc) is 2.65. The van der Waals surface area contributed by atoms with E-state index in [9.17, 15) is 8.42 Å². The van der Waals surface area contributed by atoms with Gasteiger partial charge in [0.15, 0.2) is 0 Å². The Morgan fingerprint density at radius 1 is 1.25 bits per heavy atom. The van der Waals surface area contributed by atoms with E-state index in [-0.39, 0.29) is 0 Å². The first-order chi connectivity index (χ1) is 5.59. The highest BCUT2D eigenvalue weighted by Crippen LogP contribution is 2.40. The standard InChI is InChI=1S/C8H15NO2S/c1-12(10,11)9-6-2-3-8(9)7-4-5-7/h7-8H,2-6H2,1H3. The highest BCUT2D eigenvalue weighted by atomic mass is 32.2. The summed E-state index contributed by atoms with van der Waals surface area (Å²) in [4.78, 5) is 0. The summed E-state index contributed by atoms with van der Waals surface area (Å²) in [5.41, 5.74) is 0. The molecule has 4 heteroatoms. The van der Waals surface area contributed by atoms with Crippen molar-refractivity contribution in [3.05, 3.63) is 0 Å². The minimum absolute atomic E-state index is 0.347. The van der Waals surface area contributed by atoms with Crippen molar-refractivity contribution in [1.29, 1.82) is 0 Å². The third kappa shape index (κ3) is 1.50. The van der Waals surface area contributed by atoms with Gasteiger partial charge in [-0.2, -0.15) is 4.31 Å². The maximum absolute atomic E-state index is 11.3. The fourth-order valence-corrected chi connectivity index (χ4v) is 3.36. The molecule has 12 heavy (non-hydrogen) atoms. The smallest absolute Gasteiger partial charge is 0.211 e. The summed E-state index contributed by atoms with van der Waals surface area (Å²) in [5, 5.41) is 0. The van der Waals surface area contributed by atoms with Crippen LogP contribution in [0.1, 0.15) is 25.7 Å². The lowest BCUT2D eigenvalue weighted by atomic mass is 10.1. The Labute approximate surface area is 73.8 Å². The molecule has 2 fully saturated rings. The third-order valence-corrected chi connectivity index (χ3v) is 4.15. The summed E-state index contributed by atoms with van der Waals surface area (Å²) in [6.07, 6.45) is 5.92. The molecule has 0 radical (unpaired) electrons. The van der Waals surface area contributed by atoms with E-state index in [1.165, 1.54) is 19.1 Å². The van der Waals surface area contributed by atoms with E-state index in [0.717, 1.165) is 19.4 Å². The molecular weight excluding hydrogens is 174 g/mol. The number of rotatable bonds is 2. The summed E-state index contributed by atoms with van der Waals surface area (Å²) < 4.78 is 24.3. The van der Waals surface area contributed by atoms with Gasteiger partial charge in [-0.1, -0.05) is 0 Å². The van der Waals surface area contributed by atoms with Crippen LogP contribution in [0, 0.1) is 5.92 Å². The molecule has 0 amide bonds. The summed E-state index contributed by atoms with van der Waals surface area (Å²) in [6.45, 7) is 0.750. The van der Waals surface area contributed by atoms with Crippen molar-refractivity contribution in [2.45, 2.75) is 31.7 Å². The molecule has 1 heterocycles. The van der Waals surface area contributed by atoms with Gasteiger partial charge in [-0.3, -0.25) is 0 Å². The van der Waals surface area contributed by atoms with Gasteiger partial charge in [0.05, 0.1) is 6.26 Å². The van der Waals surface area contributed by atoms with Gasteiger partial charge < -0.3 is 0 Å². The van der Waals surface area contributed by atoms with Gasteiger partial charge in [-0.15, -0.1) is 0 Å². The highest BCUT2D eigenvalue weighted by Gasteiger charge is 2.41. The number of nitrogens with zero attached hydrogens (tertiary/aromatic N) is 1. The van der Waals surface area contributed by atoms with Gasteiger partial charge in [-0.05, 0) is 31.6 Å². The Morgan fingerprint density at radius 3 is 2.42 bits per heavy atom. The van der Waals surface area contributed by atoms with Crippen LogP contribution in [0.25, 0.3) is 0 Å². The largest absolute Gasteiger partial charge is 0.212 e. The molecule has 1 saturated carbocycles. The summed E-state index contributed by atoms with van der Waals surface area (Å²) in [7, 11) is -2.92. The fraction of sp³-hybridized carbons (Fsp3) is 1.00. The second-order valence-corrected chi connectivity index (χ2v) is 5.86. The highest BCUT2D eigenvalue weighted by molar-refractivity contribution is 7.88. The van der Waals surface area contributed by atoms with Crippen LogP contribution in [0.3, 0.4) is 0 Å². The zero-order valence-corrected chi connectivity index (χ0v) is 8.18. The van der Waals surface area contributed by atoms with Gasteiger partial charge in [0.1, 0.15) is 0 Å². The first-order valence-corrected chi connectivity index (χ1v) is 6.40. The quantitative estimate of drug-likeness (QED) is 0.645. The molecule has 0 aromatic rings. The Balaban J connectivity index is 2.13. The molecule has 1 unspecified atom stereocenters. The van der Waals surface area contributed by atoms with Gasteiger partial charge in [-0.25, -0.2) is 8.42 Å². The van der Waals surface area contributed by atoms with Gasteiger partial charge >= 0.3 is 0 Å². The van der Waals surface area contributed by atoms with E-state index >= 15 is 0 Å². The van der Waals surface area contributed by atoms with Crippen LogP contribution in [0.2, 0.25) is 0 Å². The van der Waals surface area contributed by atoms with Crippen LogP contribution < -0.4 is 0 Å². The van der Waals surface area contributed by atoms with Crippen molar-refractivity contribution in [3.8, 4) is 0 Å². The first-order valence-electron chi connectivity index (χ1n) is 4.56. The van der Waals surface area contributed by atoms with Gasteiger partial charge in [0.2, 0.25) is 10.0 Å². The molecule has 1 aliphatic heterocycles. The lowest BCUT2D eigenvalue weighted by molar-refractivity contribution is 0.359. The van der Waals surface area contributed by atoms with Crippen molar-refractivity contribution in [1.82, 2.24) is 4.31 Å². The molecule has 70 valence electrons. The summed E-state index contributed by atoms with van der Waals surface area (Å²) >= 11 is 0. The van der Waals surface area contributed by atoms with Crippen molar-refractivity contribution in [3.63, 3.8) is 0 Å². The molecule has 2 rings (SSSR count). The Kier molecular flexibility index (Phi) is 1.92. The molecule has 1 aliphatic carbocycles. The van der Waals surface area contributed by atoms with E-state index in [0.29, 0.717) is 12.0 Å².